The third-order valence-electron chi connectivity index (χ3n) is 6.86. The van der Waals surface area contributed by atoms with Crippen LogP contribution in [0.25, 0.3) is 0 Å². The van der Waals surface area contributed by atoms with Crippen molar-refractivity contribution in [1.29, 1.82) is 0 Å². The molecule has 1 heterocycles. The lowest BCUT2D eigenvalue weighted by molar-refractivity contribution is -0.206. The van der Waals surface area contributed by atoms with Crippen molar-refractivity contribution in [3.8, 4) is 5.75 Å². The van der Waals surface area contributed by atoms with Crippen LogP contribution in [0.1, 0.15) is 80.3 Å². The van der Waals surface area contributed by atoms with Gasteiger partial charge >= 0.3 is 0 Å². The number of hydrogen-bond acceptors (Lipinski definition) is 3. The van der Waals surface area contributed by atoms with Gasteiger partial charge in [-0.05, 0) is 73.8 Å². The zero-order chi connectivity index (χ0) is 24.2. The van der Waals surface area contributed by atoms with Crippen LogP contribution in [-0.2, 0) is 9.47 Å². The third kappa shape index (κ3) is 5.38. The fraction of sp³-hybridized carbons (Fsp3) is 0.538. The molecule has 4 rings (SSSR count). The average Bonchev–Trinajstić information content (AvgIpc) is 2.82. The van der Waals surface area contributed by atoms with Gasteiger partial charge in [0.2, 0.25) is 6.86 Å². The van der Waals surface area contributed by atoms with Gasteiger partial charge in [-0.25, -0.2) is 22.0 Å². The van der Waals surface area contributed by atoms with Crippen LogP contribution in [0.3, 0.4) is 0 Å². The highest BCUT2D eigenvalue weighted by Gasteiger charge is 2.31. The van der Waals surface area contributed by atoms with Gasteiger partial charge in [0.15, 0.2) is 23.7 Å². The zero-order valence-electron chi connectivity index (χ0n) is 19.1. The largest absolute Gasteiger partial charge is 0.457 e. The number of benzene rings is 2. The molecular weight excluding hydrogens is 455 g/mol. The first-order valence-electron chi connectivity index (χ1n) is 11.8. The SMILES string of the molecule is CCCC1COC(c2cc(F)c(C3CCC(c4cc(F)c(OCF)c(F)c4)CC3)c(F)c2)OC1. The standard InChI is InChI=1S/C26H29F5O3/c1-2-3-15-12-32-26(33-13-15)19-10-20(28)24(21(29)11-19)17-6-4-16(5-7-17)18-8-22(30)25(34-14-27)23(31)9-18/h8-11,15-17,26H,2-7,12-14H2,1H3. The molecule has 2 aromatic carbocycles. The second kappa shape index (κ2) is 11.0. The maximum atomic E-state index is 15.0. The molecular formula is C26H29F5O3. The van der Waals surface area contributed by atoms with Gasteiger partial charge in [0.05, 0.1) is 13.2 Å². The van der Waals surface area contributed by atoms with Gasteiger partial charge < -0.3 is 14.2 Å². The molecule has 186 valence electrons. The van der Waals surface area contributed by atoms with E-state index in [0.717, 1.165) is 25.0 Å². The summed E-state index contributed by atoms with van der Waals surface area (Å²) in [5.74, 6) is -4.14. The van der Waals surface area contributed by atoms with Gasteiger partial charge in [0, 0.05) is 17.0 Å². The van der Waals surface area contributed by atoms with Gasteiger partial charge in [-0.3, -0.25) is 0 Å². The van der Waals surface area contributed by atoms with Gasteiger partial charge in [0.1, 0.15) is 11.6 Å². The maximum absolute atomic E-state index is 15.0. The number of ether oxygens (including phenoxy) is 3. The average molecular weight is 485 g/mol. The first-order chi connectivity index (χ1) is 16.4. The Bertz CT molecular complexity index is 936. The molecule has 0 unspecified atom stereocenters. The van der Waals surface area contributed by atoms with Crippen LogP contribution < -0.4 is 4.74 Å². The Kier molecular flexibility index (Phi) is 8.09. The smallest absolute Gasteiger partial charge is 0.228 e. The number of hydrogen-bond donors (Lipinski definition) is 0. The predicted molar refractivity (Wildman–Crippen MR) is 116 cm³/mol. The van der Waals surface area contributed by atoms with Crippen LogP contribution in [0, 0.1) is 29.2 Å². The molecule has 1 saturated heterocycles. The highest BCUT2D eigenvalue weighted by atomic mass is 19.2. The lowest BCUT2D eigenvalue weighted by atomic mass is 9.75. The predicted octanol–water partition coefficient (Wildman–Crippen LogP) is 7.45. The Morgan fingerprint density at radius 3 is 1.85 bits per heavy atom. The molecule has 2 aromatic rings. The van der Waals surface area contributed by atoms with Crippen LogP contribution in [0.2, 0.25) is 0 Å². The summed E-state index contributed by atoms with van der Waals surface area (Å²) in [4.78, 5) is 0. The molecule has 34 heavy (non-hydrogen) atoms. The first-order valence-corrected chi connectivity index (χ1v) is 11.8. The fourth-order valence-electron chi connectivity index (χ4n) is 5.16. The number of halogens is 5. The minimum Gasteiger partial charge on any atom is -0.457 e. The van der Waals surface area contributed by atoms with E-state index in [1.165, 1.54) is 12.1 Å². The van der Waals surface area contributed by atoms with Gasteiger partial charge in [-0.2, -0.15) is 0 Å². The summed E-state index contributed by atoms with van der Waals surface area (Å²) in [5, 5.41) is 0. The van der Waals surface area contributed by atoms with E-state index in [4.69, 9.17) is 9.47 Å². The van der Waals surface area contributed by atoms with E-state index in [1.807, 2.05) is 0 Å². The van der Waals surface area contributed by atoms with Crippen molar-refractivity contribution < 1.29 is 36.2 Å². The molecule has 0 amide bonds. The first kappa shape index (κ1) is 24.9. The molecule has 0 radical (unpaired) electrons. The summed E-state index contributed by atoms with van der Waals surface area (Å²) in [6.07, 6.45) is 3.19. The normalized spacial score (nSPS) is 25.4. The molecule has 0 aromatic heterocycles. The van der Waals surface area contributed by atoms with Crippen molar-refractivity contribution in [3.05, 3.63) is 64.2 Å². The van der Waals surface area contributed by atoms with Gasteiger partial charge in [-0.15, -0.1) is 0 Å². The Balaban J connectivity index is 1.42. The monoisotopic (exact) mass is 484 g/mol. The highest BCUT2D eigenvalue weighted by molar-refractivity contribution is 5.34. The molecule has 0 atom stereocenters. The van der Waals surface area contributed by atoms with Gasteiger partial charge in [0.25, 0.3) is 0 Å². The topological polar surface area (TPSA) is 27.7 Å². The van der Waals surface area contributed by atoms with Crippen LogP contribution in [0.5, 0.6) is 5.75 Å². The minimum atomic E-state index is -1.33. The Morgan fingerprint density at radius 1 is 0.794 bits per heavy atom. The zero-order valence-corrected chi connectivity index (χ0v) is 19.1. The molecule has 2 aliphatic rings. The van der Waals surface area contributed by atoms with Gasteiger partial charge in [-0.1, -0.05) is 13.3 Å². The second-order valence-corrected chi connectivity index (χ2v) is 9.17. The molecule has 0 bridgehead atoms. The molecule has 0 N–H and O–H groups in total. The number of alkyl halides is 1. The molecule has 1 aliphatic carbocycles. The van der Waals surface area contributed by atoms with E-state index in [0.29, 0.717) is 55.9 Å². The maximum Gasteiger partial charge on any atom is 0.228 e. The fourth-order valence-corrected chi connectivity index (χ4v) is 5.16. The molecule has 1 saturated carbocycles. The minimum absolute atomic E-state index is 0.0333. The van der Waals surface area contributed by atoms with E-state index in [1.54, 1.807) is 0 Å². The molecule has 8 heteroatoms. The lowest BCUT2D eigenvalue weighted by Gasteiger charge is -2.31. The Morgan fingerprint density at radius 2 is 1.32 bits per heavy atom. The van der Waals surface area contributed by atoms with Crippen molar-refractivity contribution in [1.82, 2.24) is 0 Å². The quantitative estimate of drug-likeness (QED) is 0.382. The molecule has 2 fully saturated rings. The van der Waals surface area contributed by atoms with E-state index >= 15 is 0 Å². The van der Waals surface area contributed by atoms with Crippen molar-refractivity contribution in [2.45, 2.75) is 63.6 Å². The van der Waals surface area contributed by atoms with Crippen LogP contribution in [-0.4, -0.2) is 20.1 Å². The second-order valence-electron chi connectivity index (χ2n) is 9.17. The summed E-state index contributed by atoms with van der Waals surface area (Å²) in [5.41, 5.74) is 0.791. The van der Waals surface area contributed by atoms with Crippen molar-refractivity contribution in [2.75, 3.05) is 20.1 Å². The molecule has 1 aliphatic heterocycles. The summed E-state index contributed by atoms with van der Waals surface area (Å²) in [6.45, 7) is 1.75. The van der Waals surface area contributed by atoms with Crippen molar-refractivity contribution in [3.63, 3.8) is 0 Å². The Labute approximate surface area is 196 Å². The van der Waals surface area contributed by atoms with Crippen LogP contribution >= 0.6 is 0 Å². The summed E-state index contributed by atoms with van der Waals surface area (Å²) in [6, 6.07) is 4.85. The third-order valence-corrected chi connectivity index (χ3v) is 6.86. The van der Waals surface area contributed by atoms with Crippen molar-refractivity contribution in [2.24, 2.45) is 5.92 Å². The van der Waals surface area contributed by atoms with Crippen LogP contribution in [0.15, 0.2) is 24.3 Å². The number of rotatable bonds is 7. The lowest BCUT2D eigenvalue weighted by Crippen LogP contribution is -2.27. The van der Waals surface area contributed by atoms with E-state index < -0.39 is 42.2 Å². The van der Waals surface area contributed by atoms with E-state index in [-0.39, 0.29) is 17.4 Å². The van der Waals surface area contributed by atoms with E-state index in [9.17, 15) is 22.0 Å². The Hall–Kier alpha value is -2.19. The molecule has 0 spiro atoms. The molecule has 3 nitrogen and oxygen atoms in total. The van der Waals surface area contributed by atoms with Crippen molar-refractivity contribution >= 4 is 0 Å². The van der Waals surface area contributed by atoms with E-state index in [2.05, 4.69) is 11.7 Å². The summed E-state index contributed by atoms with van der Waals surface area (Å²) >= 11 is 0. The summed E-state index contributed by atoms with van der Waals surface area (Å²) < 4.78 is 86.2. The highest BCUT2D eigenvalue weighted by Crippen LogP contribution is 2.43. The van der Waals surface area contributed by atoms with Crippen LogP contribution in [0.4, 0.5) is 22.0 Å². The summed E-state index contributed by atoms with van der Waals surface area (Å²) in [7, 11) is 0.